The Morgan fingerprint density at radius 3 is 2.40 bits per heavy atom. The van der Waals surface area contributed by atoms with Gasteiger partial charge in [0, 0.05) is 5.25 Å². The molecule has 2 unspecified atom stereocenters. The summed E-state index contributed by atoms with van der Waals surface area (Å²) in [6.45, 7) is 5.84. The summed E-state index contributed by atoms with van der Waals surface area (Å²) in [5, 5.41) is 0.0434. The molecule has 15 heavy (non-hydrogen) atoms. The van der Waals surface area contributed by atoms with E-state index in [0.717, 1.165) is 0 Å². The summed E-state index contributed by atoms with van der Waals surface area (Å²) < 4.78 is 9.40. The van der Waals surface area contributed by atoms with Crippen LogP contribution in [0.3, 0.4) is 0 Å². The van der Waals surface area contributed by atoms with E-state index in [-0.39, 0.29) is 28.9 Å². The summed E-state index contributed by atoms with van der Waals surface area (Å²) >= 11 is 1.40. The number of thioether (sulfide) groups is 1. The van der Waals surface area contributed by atoms with Crippen LogP contribution < -0.4 is 0 Å². The van der Waals surface area contributed by atoms with Crippen molar-refractivity contribution in [2.75, 3.05) is 19.5 Å². The average Bonchev–Trinajstić information content (AvgIpc) is 2.24. The molecule has 0 aliphatic carbocycles. The minimum absolute atomic E-state index is 0.0434. The Morgan fingerprint density at radius 1 is 1.33 bits per heavy atom. The molecule has 0 aromatic heterocycles. The molecule has 0 aliphatic rings. The van der Waals surface area contributed by atoms with Gasteiger partial charge in [-0.25, -0.2) is 0 Å². The Kier molecular flexibility index (Phi) is 7.21. The van der Waals surface area contributed by atoms with Crippen LogP contribution in [-0.2, 0) is 19.1 Å². The first-order valence-electron chi connectivity index (χ1n) is 4.88. The van der Waals surface area contributed by atoms with Gasteiger partial charge in [-0.3, -0.25) is 9.59 Å². The van der Waals surface area contributed by atoms with Crippen LogP contribution in [0, 0.1) is 5.92 Å². The van der Waals surface area contributed by atoms with Gasteiger partial charge in [0.05, 0.1) is 25.4 Å². The van der Waals surface area contributed by atoms with Crippen molar-refractivity contribution >= 4 is 23.7 Å². The number of hydrogen-bond donors (Lipinski definition) is 0. The molecule has 0 aromatic carbocycles. The predicted octanol–water partition coefficient (Wildman–Crippen LogP) is 1.48. The van der Waals surface area contributed by atoms with E-state index in [1.54, 1.807) is 13.8 Å². The minimum Gasteiger partial charge on any atom is -0.469 e. The van der Waals surface area contributed by atoms with Crippen LogP contribution in [-0.4, -0.2) is 36.7 Å². The Morgan fingerprint density at radius 2 is 1.93 bits per heavy atom. The zero-order valence-corrected chi connectivity index (χ0v) is 10.4. The third kappa shape index (κ3) is 5.67. The highest BCUT2D eigenvalue weighted by molar-refractivity contribution is 8.00. The van der Waals surface area contributed by atoms with Gasteiger partial charge in [0.25, 0.3) is 0 Å². The first-order chi connectivity index (χ1) is 7.02. The smallest absolute Gasteiger partial charge is 0.315 e. The van der Waals surface area contributed by atoms with Crippen LogP contribution in [0.25, 0.3) is 0 Å². The lowest BCUT2D eigenvalue weighted by molar-refractivity contribution is -0.145. The minimum atomic E-state index is -0.251. The fourth-order valence-corrected chi connectivity index (χ4v) is 1.81. The second-order valence-corrected chi connectivity index (χ2v) is 4.50. The van der Waals surface area contributed by atoms with Gasteiger partial charge in [-0.05, 0) is 6.92 Å². The van der Waals surface area contributed by atoms with Crippen molar-refractivity contribution in [3.05, 3.63) is 0 Å². The Labute approximate surface area is 94.7 Å². The first kappa shape index (κ1) is 14.3. The predicted molar refractivity (Wildman–Crippen MR) is 59.7 cm³/mol. The first-order valence-corrected chi connectivity index (χ1v) is 5.92. The highest BCUT2D eigenvalue weighted by Crippen LogP contribution is 2.20. The molecular formula is C10H18O4S. The summed E-state index contributed by atoms with van der Waals surface area (Å²) in [7, 11) is 1.36. The van der Waals surface area contributed by atoms with Gasteiger partial charge in [-0.1, -0.05) is 13.8 Å². The molecule has 0 radical (unpaired) electrons. The molecule has 0 spiro atoms. The topological polar surface area (TPSA) is 52.6 Å². The summed E-state index contributed by atoms with van der Waals surface area (Å²) in [6.07, 6.45) is 0. The lowest BCUT2D eigenvalue weighted by Crippen LogP contribution is -2.23. The van der Waals surface area contributed by atoms with Crippen LogP contribution in [0.2, 0.25) is 0 Å². The van der Waals surface area contributed by atoms with Gasteiger partial charge in [-0.2, -0.15) is 0 Å². The molecule has 0 aliphatic heterocycles. The molecule has 0 amide bonds. The van der Waals surface area contributed by atoms with Crippen molar-refractivity contribution in [3.8, 4) is 0 Å². The zero-order chi connectivity index (χ0) is 11.8. The molecule has 0 heterocycles. The van der Waals surface area contributed by atoms with Crippen molar-refractivity contribution < 1.29 is 19.1 Å². The molecule has 0 bridgehead atoms. The molecule has 0 saturated heterocycles. The monoisotopic (exact) mass is 234 g/mol. The van der Waals surface area contributed by atoms with Crippen molar-refractivity contribution in [2.24, 2.45) is 5.92 Å². The van der Waals surface area contributed by atoms with Crippen molar-refractivity contribution in [1.29, 1.82) is 0 Å². The lowest BCUT2D eigenvalue weighted by Gasteiger charge is -2.16. The van der Waals surface area contributed by atoms with Gasteiger partial charge < -0.3 is 9.47 Å². The number of ether oxygens (including phenoxy) is 2. The van der Waals surface area contributed by atoms with Crippen molar-refractivity contribution in [1.82, 2.24) is 0 Å². The van der Waals surface area contributed by atoms with E-state index in [1.165, 1.54) is 18.9 Å². The van der Waals surface area contributed by atoms with Gasteiger partial charge in [0.1, 0.15) is 0 Å². The molecule has 0 rings (SSSR count). The number of hydrogen-bond acceptors (Lipinski definition) is 5. The fourth-order valence-electron chi connectivity index (χ4n) is 0.924. The summed E-state index contributed by atoms with van der Waals surface area (Å²) in [5.74, 6) is -0.434. The van der Waals surface area contributed by atoms with Crippen LogP contribution in [0.4, 0.5) is 0 Å². The van der Waals surface area contributed by atoms with Crippen LogP contribution >= 0.6 is 11.8 Å². The lowest BCUT2D eigenvalue weighted by atomic mass is 10.1. The van der Waals surface area contributed by atoms with E-state index in [4.69, 9.17) is 4.74 Å². The molecule has 4 nitrogen and oxygen atoms in total. The van der Waals surface area contributed by atoms with Gasteiger partial charge in [-0.15, -0.1) is 11.8 Å². The van der Waals surface area contributed by atoms with Crippen LogP contribution in [0.1, 0.15) is 20.8 Å². The highest BCUT2D eigenvalue weighted by atomic mass is 32.2. The summed E-state index contributed by atoms with van der Waals surface area (Å²) in [6, 6.07) is 0. The fraction of sp³-hybridized carbons (Fsp3) is 0.800. The number of rotatable bonds is 6. The zero-order valence-electron chi connectivity index (χ0n) is 9.61. The Hall–Kier alpha value is -0.710. The van der Waals surface area contributed by atoms with E-state index >= 15 is 0 Å². The molecule has 5 heteroatoms. The second kappa shape index (κ2) is 7.56. The maximum Gasteiger partial charge on any atom is 0.315 e. The molecule has 0 aromatic rings. The van der Waals surface area contributed by atoms with Crippen molar-refractivity contribution in [3.63, 3.8) is 0 Å². The normalized spacial score (nSPS) is 14.1. The standard InChI is InChI=1S/C10H18O4S/c1-5-14-9(11)6-15-8(3)7(2)10(12)13-4/h7-8H,5-6H2,1-4H3. The number of carbonyl (C=O) groups excluding carboxylic acids is 2. The number of carbonyl (C=O) groups is 2. The summed E-state index contributed by atoms with van der Waals surface area (Å²) in [5.41, 5.74) is 0. The Balaban J connectivity index is 3.87. The van der Waals surface area contributed by atoms with Gasteiger partial charge in [0.15, 0.2) is 0 Å². The maximum atomic E-state index is 11.2. The van der Waals surface area contributed by atoms with E-state index in [0.29, 0.717) is 6.61 Å². The van der Waals surface area contributed by atoms with Crippen LogP contribution in [0.15, 0.2) is 0 Å². The average molecular weight is 234 g/mol. The highest BCUT2D eigenvalue weighted by Gasteiger charge is 2.22. The largest absolute Gasteiger partial charge is 0.469 e. The van der Waals surface area contributed by atoms with Gasteiger partial charge in [0.2, 0.25) is 0 Å². The second-order valence-electron chi connectivity index (χ2n) is 3.13. The van der Waals surface area contributed by atoms with Gasteiger partial charge >= 0.3 is 11.9 Å². The van der Waals surface area contributed by atoms with E-state index < -0.39 is 0 Å². The van der Waals surface area contributed by atoms with Crippen molar-refractivity contribution in [2.45, 2.75) is 26.0 Å². The van der Waals surface area contributed by atoms with E-state index in [9.17, 15) is 9.59 Å². The molecule has 0 N–H and O–H groups in total. The van der Waals surface area contributed by atoms with Crippen LogP contribution in [0.5, 0.6) is 0 Å². The third-order valence-electron chi connectivity index (χ3n) is 2.05. The molecule has 88 valence electrons. The molecule has 2 atom stereocenters. The van der Waals surface area contributed by atoms with E-state index in [2.05, 4.69) is 4.74 Å². The number of esters is 2. The third-order valence-corrected chi connectivity index (χ3v) is 3.38. The number of methoxy groups -OCH3 is 1. The maximum absolute atomic E-state index is 11.2. The molecule has 0 fully saturated rings. The Bertz CT molecular complexity index is 217. The van der Waals surface area contributed by atoms with E-state index in [1.807, 2.05) is 6.92 Å². The molecule has 0 saturated carbocycles. The summed E-state index contributed by atoms with van der Waals surface area (Å²) in [4.78, 5) is 22.2. The quantitative estimate of drug-likeness (QED) is 0.652. The molecular weight excluding hydrogens is 216 g/mol. The SMILES string of the molecule is CCOC(=O)CSC(C)C(C)C(=O)OC.